The van der Waals surface area contributed by atoms with Crippen molar-refractivity contribution in [3.05, 3.63) is 73.9 Å². The van der Waals surface area contributed by atoms with E-state index in [4.69, 9.17) is 4.99 Å². The minimum atomic E-state index is -0.340. The normalized spacial score (nSPS) is 13.0. The molecule has 5 nitrogen and oxygen atoms in total. The van der Waals surface area contributed by atoms with Crippen LogP contribution in [-0.2, 0) is 0 Å². The molecule has 2 aromatic carbocycles. The summed E-state index contributed by atoms with van der Waals surface area (Å²) >= 11 is 1.59. The predicted molar refractivity (Wildman–Crippen MR) is 129 cm³/mol. The molecule has 0 bridgehead atoms. The van der Waals surface area contributed by atoms with E-state index in [0.717, 1.165) is 34.6 Å². The third-order valence-electron chi connectivity index (χ3n) is 5.37. The highest BCUT2D eigenvalue weighted by Crippen LogP contribution is 2.29. The summed E-state index contributed by atoms with van der Waals surface area (Å²) in [6.07, 6.45) is 3.36. The van der Waals surface area contributed by atoms with Crippen LogP contribution < -0.4 is 4.80 Å². The summed E-state index contributed by atoms with van der Waals surface area (Å²) in [5.41, 5.74) is 5.25. The summed E-state index contributed by atoms with van der Waals surface area (Å²) in [6, 6.07) is 13.4. The Kier molecular flexibility index (Phi) is 7.44. The van der Waals surface area contributed by atoms with Crippen LogP contribution >= 0.6 is 11.3 Å². The number of nitrogens with zero attached hydrogens (tertiary/aromatic N) is 3. The number of hydrogen-bond acceptors (Lipinski definition) is 4. The average molecular weight is 438 g/mol. The molecule has 3 rings (SSSR count). The first-order chi connectivity index (χ1) is 14.7. The third kappa shape index (κ3) is 5.91. The van der Waals surface area contributed by atoms with Crippen molar-refractivity contribution in [1.29, 1.82) is 0 Å². The SMILES string of the molecule is Cc1cc(C)cc(N=c2scc(-c3cccc([N+](=O)[O-])c3)n2C(C)CCCC(C)C)c1. The first kappa shape index (κ1) is 22.9. The molecule has 1 aromatic heterocycles. The van der Waals surface area contributed by atoms with Crippen molar-refractivity contribution in [1.82, 2.24) is 4.57 Å². The van der Waals surface area contributed by atoms with Crippen LogP contribution in [0.1, 0.15) is 57.2 Å². The van der Waals surface area contributed by atoms with Crippen molar-refractivity contribution in [3.8, 4) is 11.3 Å². The Hall–Kier alpha value is -2.73. The number of non-ortho nitro benzene ring substituents is 1. The molecule has 0 saturated carbocycles. The molecule has 0 aliphatic carbocycles. The Bertz CT molecular complexity index is 1110. The van der Waals surface area contributed by atoms with E-state index in [0.29, 0.717) is 5.92 Å². The molecule has 0 amide bonds. The van der Waals surface area contributed by atoms with E-state index in [2.05, 4.69) is 62.8 Å². The lowest BCUT2D eigenvalue weighted by molar-refractivity contribution is -0.384. The third-order valence-corrected chi connectivity index (χ3v) is 6.21. The largest absolute Gasteiger partial charge is 0.314 e. The number of aromatic nitrogens is 1. The minimum Gasteiger partial charge on any atom is -0.314 e. The van der Waals surface area contributed by atoms with E-state index in [1.807, 2.05) is 6.07 Å². The monoisotopic (exact) mass is 437 g/mol. The van der Waals surface area contributed by atoms with E-state index in [9.17, 15) is 10.1 Å². The van der Waals surface area contributed by atoms with Gasteiger partial charge in [-0.25, -0.2) is 4.99 Å². The molecule has 0 aliphatic rings. The summed E-state index contributed by atoms with van der Waals surface area (Å²) in [6.45, 7) is 10.9. The van der Waals surface area contributed by atoms with Crippen molar-refractivity contribution in [2.24, 2.45) is 10.9 Å². The molecule has 0 spiro atoms. The van der Waals surface area contributed by atoms with Gasteiger partial charge in [0.05, 0.1) is 16.3 Å². The molecule has 31 heavy (non-hydrogen) atoms. The van der Waals surface area contributed by atoms with E-state index < -0.39 is 0 Å². The fourth-order valence-corrected chi connectivity index (χ4v) is 4.91. The van der Waals surface area contributed by atoms with E-state index in [-0.39, 0.29) is 16.7 Å². The second-order valence-corrected chi connectivity index (χ2v) is 9.55. The highest BCUT2D eigenvalue weighted by Gasteiger charge is 2.16. The fourth-order valence-electron chi connectivity index (χ4n) is 3.89. The molecular weight excluding hydrogens is 406 g/mol. The number of thiazole rings is 1. The second kappa shape index (κ2) is 10.1. The van der Waals surface area contributed by atoms with Crippen molar-refractivity contribution in [3.63, 3.8) is 0 Å². The van der Waals surface area contributed by atoms with Crippen LogP contribution in [0, 0.1) is 29.9 Å². The second-order valence-electron chi connectivity index (χ2n) is 8.71. The maximum Gasteiger partial charge on any atom is 0.270 e. The lowest BCUT2D eigenvalue weighted by atomic mass is 10.0. The van der Waals surface area contributed by atoms with E-state index in [1.165, 1.54) is 23.6 Å². The highest BCUT2D eigenvalue weighted by molar-refractivity contribution is 7.07. The molecule has 1 unspecified atom stereocenters. The Morgan fingerprint density at radius 2 is 1.77 bits per heavy atom. The van der Waals surface area contributed by atoms with Gasteiger partial charge in [0.1, 0.15) is 0 Å². The van der Waals surface area contributed by atoms with Crippen molar-refractivity contribution in [2.75, 3.05) is 0 Å². The number of benzene rings is 2. The Morgan fingerprint density at radius 3 is 2.42 bits per heavy atom. The molecule has 3 aromatic rings. The van der Waals surface area contributed by atoms with Gasteiger partial charge < -0.3 is 4.57 Å². The van der Waals surface area contributed by atoms with Gasteiger partial charge in [-0.15, -0.1) is 11.3 Å². The Morgan fingerprint density at radius 1 is 1.06 bits per heavy atom. The van der Waals surface area contributed by atoms with E-state index in [1.54, 1.807) is 23.5 Å². The summed E-state index contributed by atoms with van der Waals surface area (Å²) in [7, 11) is 0. The van der Waals surface area contributed by atoms with Crippen LogP contribution in [0.5, 0.6) is 0 Å². The molecule has 0 fully saturated rings. The van der Waals surface area contributed by atoms with Crippen LogP contribution in [0.2, 0.25) is 0 Å². The Balaban J connectivity index is 2.10. The zero-order chi connectivity index (χ0) is 22.5. The standard InChI is InChI=1S/C25H31N3O2S/c1-17(2)8-6-9-20(5)27-24(21-10-7-11-23(15-21)28(29)30)16-31-25(27)26-22-13-18(3)12-19(4)14-22/h7,10-17,20H,6,8-9H2,1-5H3. The van der Waals surface area contributed by atoms with Gasteiger partial charge in [-0.2, -0.15) is 0 Å². The molecule has 1 atom stereocenters. The molecule has 0 radical (unpaired) electrons. The summed E-state index contributed by atoms with van der Waals surface area (Å²) < 4.78 is 2.25. The first-order valence-corrected chi connectivity index (χ1v) is 11.7. The lowest BCUT2D eigenvalue weighted by Crippen LogP contribution is -2.20. The van der Waals surface area contributed by atoms with Gasteiger partial charge in [0.2, 0.25) is 0 Å². The van der Waals surface area contributed by atoms with Gasteiger partial charge in [0.15, 0.2) is 4.80 Å². The maximum absolute atomic E-state index is 11.3. The number of aryl methyl sites for hydroxylation is 2. The van der Waals surface area contributed by atoms with Gasteiger partial charge >= 0.3 is 0 Å². The van der Waals surface area contributed by atoms with Crippen molar-refractivity contribution < 1.29 is 4.92 Å². The van der Waals surface area contributed by atoms with Crippen LogP contribution in [0.4, 0.5) is 11.4 Å². The number of hydrogen-bond donors (Lipinski definition) is 0. The van der Waals surface area contributed by atoms with Crippen LogP contribution in [0.3, 0.4) is 0 Å². The zero-order valence-electron chi connectivity index (χ0n) is 19.0. The molecule has 0 N–H and O–H groups in total. The predicted octanol–water partition coefficient (Wildman–Crippen LogP) is 7.36. The van der Waals surface area contributed by atoms with Crippen LogP contribution in [0.25, 0.3) is 11.3 Å². The smallest absolute Gasteiger partial charge is 0.270 e. The first-order valence-electron chi connectivity index (χ1n) is 10.8. The van der Waals surface area contributed by atoms with Gasteiger partial charge in [0.25, 0.3) is 5.69 Å². The zero-order valence-corrected chi connectivity index (χ0v) is 19.8. The van der Waals surface area contributed by atoms with Crippen LogP contribution in [-0.4, -0.2) is 9.49 Å². The highest BCUT2D eigenvalue weighted by atomic mass is 32.1. The quantitative estimate of drug-likeness (QED) is 0.273. The molecule has 1 heterocycles. The van der Waals surface area contributed by atoms with Gasteiger partial charge in [-0.1, -0.05) is 44.9 Å². The van der Waals surface area contributed by atoms with Gasteiger partial charge in [-0.3, -0.25) is 10.1 Å². The number of rotatable bonds is 8. The molecular formula is C25H31N3O2S. The molecule has 164 valence electrons. The maximum atomic E-state index is 11.3. The molecule has 0 saturated heterocycles. The van der Waals surface area contributed by atoms with E-state index >= 15 is 0 Å². The lowest BCUT2D eigenvalue weighted by Gasteiger charge is -2.18. The van der Waals surface area contributed by atoms with Crippen molar-refractivity contribution >= 4 is 22.7 Å². The minimum absolute atomic E-state index is 0.107. The topological polar surface area (TPSA) is 60.4 Å². The Labute approximate surface area is 188 Å². The number of nitro groups is 1. The summed E-state index contributed by atoms with van der Waals surface area (Å²) in [5, 5.41) is 13.4. The van der Waals surface area contributed by atoms with Gasteiger partial charge in [0, 0.05) is 29.1 Å². The van der Waals surface area contributed by atoms with Crippen LogP contribution in [0.15, 0.2) is 52.8 Å². The molecule has 6 heteroatoms. The van der Waals surface area contributed by atoms with Crippen molar-refractivity contribution in [2.45, 2.75) is 59.9 Å². The fraction of sp³-hybridized carbons (Fsp3) is 0.400. The molecule has 0 aliphatic heterocycles. The number of nitro benzene ring substituents is 1. The summed E-state index contributed by atoms with van der Waals surface area (Å²) in [5.74, 6) is 0.676. The van der Waals surface area contributed by atoms with Gasteiger partial charge in [-0.05, 0) is 56.4 Å². The summed E-state index contributed by atoms with van der Waals surface area (Å²) in [4.78, 5) is 16.9. The average Bonchev–Trinajstić information content (AvgIpc) is 3.10.